The van der Waals surface area contributed by atoms with Crippen LogP contribution in [0, 0.1) is 12.7 Å². The summed E-state index contributed by atoms with van der Waals surface area (Å²) < 4.78 is 18.7. The molecule has 0 radical (unpaired) electrons. The van der Waals surface area contributed by atoms with Crippen LogP contribution in [0.5, 0.6) is 5.75 Å². The molecule has 0 saturated carbocycles. The Balaban J connectivity index is 2.39. The van der Waals surface area contributed by atoms with Crippen LogP contribution in [0.4, 0.5) is 4.39 Å². The Morgan fingerprint density at radius 1 is 1.26 bits per heavy atom. The maximum Gasteiger partial charge on any atom is 0.165 e. The van der Waals surface area contributed by atoms with Crippen molar-refractivity contribution < 1.29 is 9.13 Å². The molecule has 0 aliphatic heterocycles. The number of pyridine rings is 1. The van der Waals surface area contributed by atoms with Gasteiger partial charge in [-0.2, -0.15) is 0 Å². The molecule has 1 unspecified atom stereocenters. The van der Waals surface area contributed by atoms with E-state index in [4.69, 9.17) is 4.74 Å². The number of ether oxygens (including phenoxy) is 1. The van der Waals surface area contributed by atoms with Crippen molar-refractivity contribution in [1.82, 2.24) is 10.3 Å². The number of halogens is 1. The molecule has 1 atom stereocenters. The Bertz CT molecular complexity index is 572. The lowest BCUT2D eigenvalue weighted by Gasteiger charge is -2.17. The van der Waals surface area contributed by atoms with Crippen molar-refractivity contribution in [1.29, 1.82) is 0 Å². The minimum absolute atomic E-state index is 0.139. The molecule has 0 spiro atoms. The normalized spacial score (nSPS) is 12.2. The molecule has 0 fully saturated rings. The Labute approximate surface area is 112 Å². The number of hydrogen-bond acceptors (Lipinski definition) is 3. The van der Waals surface area contributed by atoms with Gasteiger partial charge in [-0.05, 0) is 43.8 Å². The number of hydrogen-bond donors (Lipinski definition) is 1. The van der Waals surface area contributed by atoms with E-state index in [1.165, 1.54) is 13.2 Å². The number of aromatic nitrogens is 1. The zero-order valence-electron chi connectivity index (χ0n) is 11.3. The van der Waals surface area contributed by atoms with Crippen molar-refractivity contribution in [3.8, 4) is 5.75 Å². The van der Waals surface area contributed by atoms with Gasteiger partial charge >= 0.3 is 0 Å². The summed E-state index contributed by atoms with van der Waals surface area (Å²) in [7, 11) is 3.28. The van der Waals surface area contributed by atoms with Crippen molar-refractivity contribution in [2.45, 2.75) is 13.0 Å². The van der Waals surface area contributed by atoms with Crippen LogP contribution in [0.1, 0.15) is 23.0 Å². The highest BCUT2D eigenvalue weighted by molar-refractivity contribution is 5.34. The Morgan fingerprint density at radius 3 is 2.63 bits per heavy atom. The molecule has 4 heteroatoms. The topological polar surface area (TPSA) is 34.1 Å². The van der Waals surface area contributed by atoms with Gasteiger partial charge in [-0.3, -0.25) is 4.98 Å². The summed E-state index contributed by atoms with van der Waals surface area (Å²) in [6.07, 6.45) is 0. The second-order valence-corrected chi connectivity index (χ2v) is 4.32. The van der Waals surface area contributed by atoms with Gasteiger partial charge in [0.1, 0.15) is 0 Å². The zero-order valence-corrected chi connectivity index (χ0v) is 11.3. The van der Waals surface area contributed by atoms with E-state index in [0.717, 1.165) is 17.0 Å². The van der Waals surface area contributed by atoms with E-state index < -0.39 is 0 Å². The first-order chi connectivity index (χ1) is 9.15. The molecular formula is C15H17FN2O. The molecule has 1 N–H and O–H groups in total. The van der Waals surface area contributed by atoms with E-state index in [-0.39, 0.29) is 17.6 Å². The smallest absolute Gasteiger partial charge is 0.165 e. The lowest BCUT2D eigenvalue weighted by molar-refractivity contribution is 0.386. The largest absolute Gasteiger partial charge is 0.494 e. The van der Waals surface area contributed by atoms with Crippen molar-refractivity contribution in [2.24, 2.45) is 0 Å². The fraction of sp³-hybridized carbons (Fsp3) is 0.267. The minimum Gasteiger partial charge on any atom is -0.494 e. The van der Waals surface area contributed by atoms with Crippen LogP contribution in [-0.2, 0) is 0 Å². The summed E-state index contributed by atoms with van der Waals surface area (Å²) in [5.41, 5.74) is 2.62. The molecule has 100 valence electrons. The first-order valence-electron chi connectivity index (χ1n) is 6.10. The van der Waals surface area contributed by atoms with Crippen LogP contribution in [-0.4, -0.2) is 19.1 Å². The van der Waals surface area contributed by atoms with Gasteiger partial charge in [-0.15, -0.1) is 0 Å². The van der Waals surface area contributed by atoms with Gasteiger partial charge in [-0.1, -0.05) is 12.1 Å². The fourth-order valence-corrected chi connectivity index (χ4v) is 2.07. The third kappa shape index (κ3) is 2.90. The molecule has 1 aromatic heterocycles. The van der Waals surface area contributed by atoms with E-state index >= 15 is 0 Å². The molecule has 19 heavy (non-hydrogen) atoms. The summed E-state index contributed by atoms with van der Waals surface area (Å²) in [6, 6.07) is 10.6. The Kier molecular flexibility index (Phi) is 4.12. The van der Waals surface area contributed by atoms with E-state index in [9.17, 15) is 4.39 Å². The van der Waals surface area contributed by atoms with Gasteiger partial charge in [-0.25, -0.2) is 4.39 Å². The first kappa shape index (κ1) is 13.5. The van der Waals surface area contributed by atoms with E-state index in [1.54, 1.807) is 6.07 Å². The van der Waals surface area contributed by atoms with Crippen molar-refractivity contribution in [3.63, 3.8) is 0 Å². The first-order valence-corrected chi connectivity index (χ1v) is 6.10. The van der Waals surface area contributed by atoms with Crippen molar-refractivity contribution >= 4 is 0 Å². The monoisotopic (exact) mass is 260 g/mol. The third-order valence-corrected chi connectivity index (χ3v) is 3.00. The second kappa shape index (κ2) is 5.80. The number of nitrogens with one attached hydrogen (secondary N) is 1. The summed E-state index contributed by atoms with van der Waals surface area (Å²) >= 11 is 0. The average molecular weight is 260 g/mol. The lowest BCUT2D eigenvalue weighted by atomic mass is 10.0. The Hall–Kier alpha value is -1.94. The quantitative estimate of drug-likeness (QED) is 0.918. The Morgan fingerprint density at radius 2 is 2.05 bits per heavy atom. The van der Waals surface area contributed by atoms with Gasteiger partial charge in [0.15, 0.2) is 11.6 Å². The highest BCUT2D eigenvalue weighted by Gasteiger charge is 2.15. The van der Waals surface area contributed by atoms with Crippen LogP contribution in [0.3, 0.4) is 0 Å². The van der Waals surface area contributed by atoms with Crippen molar-refractivity contribution in [3.05, 3.63) is 59.2 Å². The second-order valence-electron chi connectivity index (χ2n) is 4.32. The van der Waals surface area contributed by atoms with Crippen LogP contribution in [0.15, 0.2) is 36.4 Å². The third-order valence-electron chi connectivity index (χ3n) is 3.00. The molecule has 3 nitrogen and oxygen atoms in total. The highest BCUT2D eigenvalue weighted by atomic mass is 19.1. The van der Waals surface area contributed by atoms with Crippen LogP contribution in [0.25, 0.3) is 0 Å². The van der Waals surface area contributed by atoms with Gasteiger partial charge in [0, 0.05) is 5.69 Å². The molecule has 1 aromatic carbocycles. The van der Waals surface area contributed by atoms with Gasteiger partial charge in [0.25, 0.3) is 0 Å². The SMILES string of the molecule is CNC(c1ccc(OC)c(F)c1)c1cccc(C)n1. The molecule has 2 rings (SSSR count). The number of aryl methyl sites for hydroxylation is 1. The molecule has 0 saturated heterocycles. The maximum absolute atomic E-state index is 13.8. The number of nitrogens with zero attached hydrogens (tertiary/aromatic N) is 1. The number of rotatable bonds is 4. The predicted octanol–water partition coefficient (Wildman–Crippen LogP) is 2.85. The molecule has 0 aliphatic rings. The van der Waals surface area contributed by atoms with Crippen LogP contribution in [0.2, 0.25) is 0 Å². The average Bonchev–Trinajstić information content (AvgIpc) is 2.40. The number of methoxy groups -OCH3 is 1. The zero-order chi connectivity index (χ0) is 13.8. The molecule has 1 heterocycles. The number of benzene rings is 1. The highest BCUT2D eigenvalue weighted by Crippen LogP contribution is 2.25. The fourth-order valence-electron chi connectivity index (χ4n) is 2.07. The lowest BCUT2D eigenvalue weighted by Crippen LogP contribution is -2.19. The van der Waals surface area contributed by atoms with Crippen molar-refractivity contribution in [2.75, 3.05) is 14.2 Å². The van der Waals surface area contributed by atoms with E-state index in [2.05, 4.69) is 10.3 Å². The van der Waals surface area contributed by atoms with E-state index in [0.29, 0.717) is 0 Å². The standard InChI is InChI=1S/C15H17FN2O/c1-10-5-4-6-13(18-10)15(17-2)11-7-8-14(19-3)12(16)9-11/h4-9,15,17H,1-3H3. The van der Waals surface area contributed by atoms with Gasteiger partial charge in [0.05, 0.1) is 18.8 Å². The summed E-state index contributed by atoms with van der Waals surface area (Å²) in [5.74, 6) is -0.122. The van der Waals surface area contributed by atoms with Crippen LogP contribution >= 0.6 is 0 Å². The predicted molar refractivity (Wildman–Crippen MR) is 72.8 cm³/mol. The summed E-state index contributed by atoms with van der Waals surface area (Å²) in [6.45, 7) is 1.94. The van der Waals surface area contributed by atoms with Gasteiger partial charge in [0.2, 0.25) is 0 Å². The summed E-state index contributed by atoms with van der Waals surface area (Å²) in [5, 5.41) is 3.16. The molecular weight excluding hydrogens is 243 g/mol. The minimum atomic E-state index is -0.368. The van der Waals surface area contributed by atoms with Gasteiger partial charge < -0.3 is 10.1 Å². The molecule has 0 bridgehead atoms. The van der Waals surface area contributed by atoms with Crippen LogP contribution < -0.4 is 10.1 Å². The maximum atomic E-state index is 13.8. The molecule has 0 aliphatic carbocycles. The summed E-state index contributed by atoms with van der Waals surface area (Å²) in [4.78, 5) is 4.48. The van der Waals surface area contributed by atoms with E-state index in [1.807, 2.05) is 38.2 Å². The molecule has 2 aromatic rings. The molecule has 0 amide bonds.